The number of ether oxygens (including phenoxy) is 1. The molecule has 0 aliphatic rings. The van der Waals surface area contributed by atoms with E-state index in [1.165, 1.54) is 6.92 Å². The minimum Gasteiger partial charge on any atom is -0.480 e. The van der Waals surface area contributed by atoms with Crippen LogP contribution < -0.4 is 5.32 Å². The lowest BCUT2D eigenvalue weighted by Gasteiger charge is -2.22. The Balaban J connectivity index is 3.02. The third-order valence-corrected chi connectivity index (χ3v) is 2.47. The van der Waals surface area contributed by atoms with Crippen molar-refractivity contribution in [1.82, 2.24) is 5.32 Å². The molecule has 0 aliphatic carbocycles. The van der Waals surface area contributed by atoms with E-state index in [9.17, 15) is 9.59 Å². The Hall–Kier alpha value is -2.30. The summed E-state index contributed by atoms with van der Waals surface area (Å²) in [6, 6.07) is 8.26. The fourth-order valence-corrected chi connectivity index (χ4v) is 1.50. The van der Waals surface area contributed by atoms with E-state index >= 15 is 0 Å². The Morgan fingerprint density at radius 2 is 1.81 bits per heavy atom. The normalized spacial score (nSPS) is 13.4. The van der Waals surface area contributed by atoms with Crippen LogP contribution in [0.4, 0.5) is 0 Å². The fraction of sp³-hybridized carbons (Fsp3) is 0.375. The van der Waals surface area contributed by atoms with Gasteiger partial charge in [0.1, 0.15) is 17.3 Å². The second kappa shape index (κ2) is 6.92. The first-order chi connectivity index (χ1) is 9.69. The molecule has 21 heavy (non-hydrogen) atoms. The van der Waals surface area contributed by atoms with Crippen molar-refractivity contribution < 1.29 is 19.4 Å². The Morgan fingerprint density at radius 3 is 2.29 bits per heavy atom. The van der Waals surface area contributed by atoms with Gasteiger partial charge >= 0.3 is 11.9 Å². The minimum atomic E-state index is -1.04. The number of hydrogen-bond donors (Lipinski definition) is 2. The summed E-state index contributed by atoms with van der Waals surface area (Å²) in [5.74, 6) is -1.63. The van der Waals surface area contributed by atoms with E-state index in [0.717, 1.165) is 5.56 Å². The fourth-order valence-electron chi connectivity index (χ4n) is 1.50. The van der Waals surface area contributed by atoms with Gasteiger partial charge in [-0.1, -0.05) is 30.3 Å². The average Bonchev–Trinajstić information content (AvgIpc) is 2.36. The van der Waals surface area contributed by atoms with Gasteiger partial charge in [0.05, 0.1) is 0 Å². The minimum absolute atomic E-state index is 0.117. The smallest absolute Gasteiger partial charge is 0.354 e. The average molecular weight is 291 g/mol. The first kappa shape index (κ1) is 16.8. The van der Waals surface area contributed by atoms with Crippen LogP contribution in [0, 0.1) is 0 Å². The van der Waals surface area contributed by atoms with Crippen molar-refractivity contribution in [3.8, 4) is 0 Å². The first-order valence-corrected chi connectivity index (χ1v) is 6.68. The Morgan fingerprint density at radius 1 is 1.24 bits per heavy atom. The van der Waals surface area contributed by atoms with E-state index < -0.39 is 23.6 Å². The quantitative estimate of drug-likeness (QED) is 0.643. The molecular formula is C16H21NO4. The molecule has 0 spiro atoms. The molecule has 1 aromatic rings. The zero-order chi connectivity index (χ0) is 16.0. The van der Waals surface area contributed by atoms with E-state index in [1.807, 2.05) is 30.3 Å². The Bertz CT molecular complexity index is 529. The summed E-state index contributed by atoms with van der Waals surface area (Å²) < 4.78 is 5.29. The topological polar surface area (TPSA) is 75.6 Å². The number of esters is 1. The lowest BCUT2D eigenvalue weighted by molar-refractivity contribution is -0.150. The second-order valence-electron chi connectivity index (χ2n) is 5.67. The van der Waals surface area contributed by atoms with Gasteiger partial charge in [-0.3, -0.25) is 4.79 Å². The highest BCUT2D eigenvalue weighted by Crippen LogP contribution is 2.13. The van der Waals surface area contributed by atoms with Crippen LogP contribution in [0.1, 0.15) is 33.3 Å². The van der Waals surface area contributed by atoms with E-state index in [4.69, 9.17) is 9.84 Å². The van der Waals surface area contributed by atoms with Crippen LogP contribution in [0.15, 0.2) is 36.0 Å². The maximum atomic E-state index is 12.2. The number of nitrogens with one attached hydrogen (secondary N) is 1. The zero-order valence-corrected chi connectivity index (χ0v) is 12.7. The first-order valence-electron chi connectivity index (χ1n) is 6.68. The molecule has 0 aliphatic heterocycles. The highest BCUT2D eigenvalue weighted by atomic mass is 16.6. The van der Waals surface area contributed by atoms with Crippen molar-refractivity contribution in [2.45, 2.75) is 39.3 Å². The summed E-state index contributed by atoms with van der Waals surface area (Å²) in [7, 11) is 0. The molecule has 0 fully saturated rings. The zero-order valence-electron chi connectivity index (χ0n) is 12.7. The third kappa shape index (κ3) is 6.12. The molecule has 0 saturated heterocycles. The van der Waals surface area contributed by atoms with Crippen LogP contribution in [0.2, 0.25) is 0 Å². The number of carbonyl (C=O) groups excluding carboxylic acids is 1. The molecular weight excluding hydrogens is 270 g/mol. The SMILES string of the molecule is C[C@@H](N/C(=C/c1ccccc1)C(=O)OC(C)(C)C)C(=O)O. The second-order valence-corrected chi connectivity index (χ2v) is 5.67. The van der Waals surface area contributed by atoms with E-state index in [-0.39, 0.29) is 5.70 Å². The van der Waals surface area contributed by atoms with Gasteiger partial charge in [-0.15, -0.1) is 0 Å². The van der Waals surface area contributed by atoms with Crippen molar-refractivity contribution in [2.75, 3.05) is 0 Å². The molecule has 0 aromatic heterocycles. The van der Waals surface area contributed by atoms with Crippen molar-refractivity contribution in [3.05, 3.63) is 41.6 Å². The number of hydrogen-bond acceptors (Lipinski definition) is 4. The van der Waals surface area contributed by atoms with Gasteiger partial charge in [-0.05, 0) is 39.3 Å². The molecule has 2 N–H and O–H groups in total. The van der Waals surface area contributed by atoms with E-state index in [1.54, 1.807) is 26.8 Å². The van der Waals surface area contributed by atoms with Gasteiger partial charge in [-0.2, -0.15) is 0 Å². The van der Waals surface area contributed by atoms with Gasteiger partial charge < -0.3 is 15.2 Å². The van der Waals surface area contributed by atoms with Crippen molar-refractivity contribution in [3.63, 3.8) is 0 Å². The molecule has 0 bridgehead atoms. The summed E-state index contributed by atoms with van der Waals surface area (Å²) in [4.78, 5) is 23.1. The third-order valence-electron chi connectivity index (χ3n) is 2.47. The molecule has 0 radical (unpaired) electrons. The molecule has 114 valence electrons. The monoisotopic (exact) mass is 291 g/mol. The number of benzene rings is 1. The van der Waals surface area contributed by atoms with E-state index in [2.05, 4.69) is 5.32 Å². The molecule has 1 aromatic carbocycles. The van der Waals surface area contributed by atoms with Crippen LogP contribution in [0.25, 0.3) is 6.08 Å². The number of rotatable bonds is 5. The molecule has 0 amide bonds. The van der Waals surface area contributed by atoms with Crippen molar-refractivity contribution >= 4 is 18.0 Å². The molecule has 0 unspecified atom stereocenters. The maximum absolute atomic E-state index is 12.2. The molecule has 0 saturated carbocycles. The molecule has 1 atom stereocenters. The van der Waals surface area contributed by atoms with Crippen molar-refractivity contribution in [2.24, 2.45) is 0 Å². The molecule has 0 heterocycles. The Kier molecular flexibility index (Phi) is 5.52. The summed E-state index contributed by atoms with van der Waals surface area (Å²) in [6.45, 7) is 6.73. The highest BCUT2D eigenvalue weighted by Gasteiger charge is 2.22. The largest absolute Gasteiger partial charge is 0.480 e. The van der Waals surface area contributed by atoms with Gasteiger partial charge in [0.2, 0.25) is 0 Å². The summed E-state index contributed by atoms with van der Waals surface area (Å²) in [5.41, 5.74) is 0.246. The standard InChI is InChI=1S/C16H21NO4/c1-11(14(18)19)17-13(15(20)21-16(2,3)4)10-12-8-6-5-7-9-12/h5-11,17H,1-4H3,(H,18,19)/b13-10+/t11-/m1/s1. The van der Waals surface area contributed by atoms with Crippen LogP contribution in [-0.4, -0.2) is 28.7 Å². The summed E-state index contributed by atoms with van der Waals surface area (Å²) in [6.07, 6.45) is 1.58. The van der Waals surface area contributed by atoms with Crippen LogP contribution in [0.5, 0.6) is 0 Å². The number of aliphatic carboxylic acids is 1. The predicted molar refractivity (Wildman–Crippen MR) is 80.5 cm³/mol. The highest BCUT2D eigenvalue weighted by molar-refractivity contribution is 5.94. The molecule has 5 nitrogen and oxygen atoms in total. The lowest BCUT2D eigenvalue weighted by Crippen LogP contribution is -2.38. The van der Waals surface area contributed by atoms with Gasteiger partial charge in [0, 0.05) is 0 Å². The molecule has 5 heteroatoms. The predicted octanol–water partition coefficient (Wildman–Crippen LogP) is 2.43. The van der Waals surface area contributed by atoms with Crippen LogP contribution in [-0.2, 0) is 14.3 Å². The van der Waals surface area contributed by atoms with Gasteiger partial charge in [0.25, 0.3) is 0 Å². The number of carboxylic acids is 1. The lowest BCUT2D eigenvalue weighted by atomic mass is 10.1. The number of carbonyl (C=O) groups is 2. The van der Waals surface area contributed by atoms with Gasteiger partial charge in [-0.25, -0.2) is 4.79 Å². The van der Waals surface area contributed by atoms with Crippen molar-refractivity contribution in [1.29, 1.82) is 0 Å². The maximum Gasteiger partial charge on any atom is 0.354 e. The molecule has 1 rings (SSSR count). The van der Waals surface area contributed by atoms with Crippen LogP contribution in [0.3, 0.4) is 0 Å². The summed E-state index contributed by atoms with van der Waals surface area (Å²) in [5, 5.41) is 11.6. The van der Waals surface area contributed by atoms with E-state index in [0.29, 0.717) is 0 Å². The number of carboxylic acid groups (broad SMARTS) is 1. The van der Waals surface area contributed by atoms with Gasteiger partial charge in [0.15, 0.2) is 0 Å². The summed E-state index contributed by atoms with van der Waals surface area (Å²) >= 11 is 0. The Labute approximate surface area is 124 Å². The van der Waals surface area contributed by atoms with Crippen LogP contribution >= 0.6 is 0 Å².